The van der Waals surface area contributed by atoms with Crippen molar-refractivity contribution in [1.29, 1.82) is 0 Å². The number of rotatable bonds is 9. The van der Waals surface area contributed by atoms with Crippen LogP contribution in [0.5, 0.6) is 0 Å². The van der Waals surface area contributed by atoms with Crippen LogP contribution in [0.3, 0.4) is 0 Å². The van der Waals surface area contributed by atoms with Crippen molar-refractivity contribution in [3.8, 4) is 0 Å². The molecule has 0 saturated heterocycles. The average molecular weight is 381 g/mol. The maximum Gasteiger partial charge on any atom is 0.274 e. The zero-order chi connectivity index (χ0) is 19.8. The third-order valence-electron chi connectivity index (χ3n) is 5.47. The van der Waals surface area contributed by atoms with Crippen molar-refractivity contribution in [2.45, 2.75) is 43.7 Å². The first-order chi connectivity index (χ1) is 13.7. The Hall–Kier alpha value is -2.70. The van der Waals surface area contributed by atoms with Gasteiger partial charge < -0.3 is 15.4 Å². The predicted octanol–water partition coefficient (Wildman–Crippen LogP) is 3.23. The van der Waals surface area contributed by atoms with Gasteiger partial charge in [-0.05, 0) is 55.6 Å². The summed E-state index contributed by atoms with van der Waals surface area (Å²) in [4.78, 5) is 22.9. The molecule has 1 aliphatic carbocycles. The molecule has 1 saturated carbocycles. The summed E-state index contributed by atoms with van der Waals surface area (Å²) < 4.78 is 0. The van der Waals surface area contributed by atoms with E-state index in [1.54, 1.807) is 29.7 Å². The van der Waals surface area contributed by atoms with E-state index in [-0.39, 0.29) is 11.6 Å². The van der Waals surface area contributed by atoms with Crippen LogP contribution in [0.2, 0.25) is 0 Å². The van der Waals surface area contributed by atoms with Crippen molar-refractivity contribution in [1.82, 2.24) is 10.8 Å². The van der Waals surface area contributed by atoms with Crippen molar-refractivity contribution in [3.05, 3.63) is 65.7 Å². The Kier molecular flexibility index (Phi) is 6.79. The van der Waals surface area contributed by atoms with Gasteiger partial charge in [0.05, 0.1) is 6.04 Å². The molecule has 4 N–H and O–H groups in total. The van der Waals surface area contributed by atoms with Crippen molar-refractivity contribution in [2.75, 3.05) is 11.9 Å². The van der Waals surface area contributed by atoms with Gasteiger partial charge >= 0.3 is 0 Å². The van der Waals surface area contributed by atoms with Gasteiger partial charge in [-0.15, -0.1) is 0 Å². The van der Waals surface area contributed by atoms with E-state index < -0.39 is 5.91 Å². The van der Waals surface area contributed by atoms with Gasteiger partial charge in [-0.25, -0.2) is 5.48 Å². The lowest BCUT2D eigenvalue weighted by atomic mass is 9.88. The molecule has 148 valence electrons. The summed E-state index contributed by atoms with van der Waals surface area (Å²) in [5.41, 5.74) is 4.03. The number of amides is 1. The van der Waals surface area contributed by atoms with Crippen LogP contribution in [0.1, 0.15) is 48.0 Å². The second-order valence-corrected chi connectivity index (χ2v) is 7.28. The van der Waals surface area contributed by atoms with Crippen LogP contribution in [0.15, 0.2) is 54.6 Å². The molecule has 2 aromatic rings. The average Bonchev–Trinajstić information content (AvgIpc) is 3.23. The first kappa shape index (κ1) is 20.0. The summed E-state index contributed by atoms with van der Waals surface area (Å²) >= 11 is 0. The van der Waals surface area contributed by atoms with Gasteiger partial charge in [-0.3, -0.25) is 10.0 Å². The standard InChI is InChI=1S/C22H27N3O3/c26-16-20(24-19-10-8-17(9-11-19)21(27)25-28)12-15-23-22(13-4-5-14-22)18-6-2-1-3-7-18/h1-3,6-11,16,20,23-24,28H,4-5,12-15H2,(H,25,27). The van der Waals surface area contributed by atoms with Crippen molar-refractivity contribution in [2.24, 2.45) is 0 Å². The number of carbonyl (C=O) groups excluding carboxylic acids is 2. The third kappa shape index (κ3) is 4.77. The van der Waals surface area contributed by atoms with E-state index in [1.165, 1.54) is 18.4 Å². The zero-order valence-corrected chi connectivity index (χ0v) is 15.9. The fraction of sp³-hybridized carbons (Fsp3) is 0.364. The lowest BCUT2D eigenvalue weighted by Crippen LogP contribution is -2.42. The molecule has 1 amide bonds. The fourth-order valence-electron chi connectivity index (χ4n) is 3.94. The van der Waals surface area contributed by atoms with E-state index in [0.29, 0.717) is 12.0 Å². The van der Waals surface area contributed by atoms with E-state index in [4.69, 9.17) is 5.21 Å². The molecular weight excluding hydrogens is 354 g/mol. The minimum atomic E-state index is -0.564. The van der Waals surface area contributed by atoms with E-state index in [9.17, 15) is 9.59 Å². The second kappa shape index (κ2) is 9.48. The lowest BCUT2D eigenvalue weighted by Gasteiger charge is -2.32. The van der Waals surface area contributed by atoms with Crippen LogP contribution < -0.4 is 16.1 Å². The third-order valence-corrected chi connectivity index (χ3v) is 5.47. The van der Waals surface area contributed by atoms with E-state index in [2.05, 4.69) is 34.9 Å². The van der Waals surface area contributed by atoms with Crippen LogP contribution in [0.25, 0.3) is 0 Å². The first-order valence-electron chi connectivity index (χ1n) is 9.74. The molecule has 0 heterocycles. The molecule has 0 bridgehead atoms. The Morgan fingerprint density at radius 1 is 1.07 bits per heavy atom. The van der Waals surface area contributed by atoms with Crippen LogP contribution in [0, 0.1) is 0 Å². The number of aldehydes is 1. The number of carbonyl (C=O) groups is 2. The van der Waals surface area contributed by atoms with Crippen molar-refractivity contribution >= 4 is 17.9 Å². The molecule has 0 spiro atoms. The lowest BCUT2D eigenvalue weighted by molar-refractivity contribution is -0.108. The Labute approximate surface area is 165 Å². The molecule has 3 rings (SSSR count). The molecule has 2 aromatic carbocycles. The summed E-state index contributed by atoms with van der Waals surface area (Å²) in [6.07, 6.45) is 6.24. The molecule has 1 unspecified atom stereocenters. The maximum atomic E-state index is 11.5. The van der Waals surface area contributed by atoms with Crippen LogP contribution in [-0.4, -0.2) is 30.0 Å². The molecule has 6 heteroatoms. The molecule has 0 aliphatic heterocycles. The van der Waals surface area contributed by atoms with Gasteiger partial charge in [0.2, 0.25) is 0 Å². The zero-order valence-electron chi connectivity index (χ0n) is 15.9. The molecule has 6 nitrogen and oxygen atoms in total. The molecule has 28 heavy (non-hydrogen) atoms. The van der Waals surface area contributed by atoms with Crippen LogP contribution in [-0.2, 0) is 10.3 Å². The largest absolute Gasteiger partial charge is 0.375 e. The summed E-state index contributed by atoms with van der Waals surface area (Å²) in [6, 6.07) is 16.9. The summed E-state index contributed by atoms with van der Waals surface area (Å²) in [7, 11) is 0. The summed E-state index contributed by atoms with van der Waals surface area (Å²) in [5.74, 6) is -0.564. The van der Waals surface area contributed by atoms with Crippen LogP contribution >= 0.6 is 0 Å². The number of hydrogen-bond donors (Lipinski definition) is 4. The molecule has 1 atom stereocenters. The second-order valence-electron chi connectivity index (χ2n) is 7.28. The first-order valence-corrected chi connectivity index (χ1v) is 9.74. The normalized spacial score (nSPS) is 16.3. The minimum absolute atomic E-state index is 0.00794. The van der Waals surface area contributed by atoms with E-state index in [0.717, 1.165) is 31.4 Å². The number of hydrogen-bond acceptors (Lipinski definition) is 5. The van der Waals surface area contributed by atoms with Crippen LogP contribution in [0.4, 0.5) is 5.69 Å². The number of benzene rings is 2. The molecule has 0 aromatic heterocycles. The van der Waals surface area contributed by atoms with E-state index >= 15 is 0 Å². The minimum Gasteiger partial charge on any atom is -0.375 e. The molecule has 1 aliphatic rings. The number of anilines is 1. The number of hydroxylamine groups is 1. The molecular formula is C22H27N3O3. The summed E-state index contributed by atoms with van der Waals surface area (Å²) in [6.45, 7) is 0.732. The molecule has 1 fully saturated rings. The fourth-order valence-corrected chi connectivity index (χ4v) is 3.94. The highest BCUT2D eigenvalue weighted by molar-refractivity contribution is 5.93. The quantitative estimate of drug-likeness (QED) is 0.304. The van der Waals surface area contributed by atoms with Crippen molar-refractivity contribution < 1.29 is 14.8 Å². The van der Waals surface area contributed by atoms with Gasteiger partial charge in [0.15, 0.2) is 0 Å². The highest BCUT2D eigenvalue weighted by Gasteiger charge is 2.34. The van der Waals surface area contributed by atoms with Gasteiger partial charge in [0.25, 0.3) is 5.91 Å². The maximum absolute atomic E-state index is 11.5. The Morgan fingerprint density at radius 2 is 1.75 bits per heavy atom. The monoisotopic (exact) mass is 381 g/mol. The Bertz CT molecular complexity index is 771. The smallest absolute Gasteiger partial charge is 0.274 e. The molecule has 0 radical (unpaired) electrons. The predicted molar refractivity (Wildman–Crippen MR) is 108 cm³/mol. The topological polar surface area (TPSA) is 90.5 Å². The Morgan fingerprint density at radius 3 is 2.36 bits per heavy atom. The van der Waals surface area contributed by atoms with Crippen molar-refractivity contribution in [3.63, 3.8) is 0 Å². The van der Waals surface area contributed by atoms with Gasteiger partial charge in [-0.1, -0.05) is 43.2 Å². The summed E-state index contributed by atoms with van der Waals surface area (Å²) in [5, 5.41) is 15.6. The Balaban J connectivity index is 1.56. The van der Waals surface area contributed by atoms with Gasteiger partial charge in [0.1, 0.15) is 6.29 Å². The highest BCUT2D eigenvalue weighted by Crippen LogP contribution is 2.38. The van der Waals surface area contributed by atoms with Gasteiger partial charge in [0, 0.05) is 16.8 Å². The number of nitrogens with one attached hydrogen (secondary N) is 3. The van der Waals surface area contributed by atoms with Gasteiger partial charge in [-0.2, -0.15) is 0 Å². The highest BCUT2D eigenvalue weighted by atomic mass is 16.5. The van der Waals surface area contributed by atoms with E-state index in [1.807, 2.05) is 6.07 Å². The SMILES string of the molecule is O=CC(CCNC1(c2ccccc2)CCCC1)Nc1ccc(C(=O)NO)cc1.